The van der Waals surface area contributed by atoms with E-state index in [0.29, 0.717) is 19.6 Å². The van der Waals surface area contributed by atoms with Gasteiger partial charge >= 0.3 is 6.03 Å². The number of thiol groups is 1. The Hall–Kier alpha value is -3.76. The van der Waals surface area contributed by atoms with Gasteiger partial charge in [-0.1, -0.05) is 55.5 Å². The molecule has 2 heterocycles. The van der Waals surface area contributed by atoms with Gasteiger partial charge in [-0.3, -0.25) is 9.59 Å². The van der Waals surface area contributed by atoms with Gasteiger partial charge in [0, 0.05) is 31.9 Å². The van der Waals surface area contributed by atoms with Crippen LogP contribution in [0.4, 0.5) is 10.5 Å². The molecule has 0 aromatic heterocycles. The molecule has 2 aromatic rings. The summed E-state index contributed by atoms with van der Waals surface area (Å²) in [4.78, 5) is 42.8. The number of benzene rings is 2. The van der Waals surface area contributed by atoms with E-state index in [9.17, 15) is 14.4 Å². The van der Waals surface area contributed by atoms with E-state index in [2.05, 4.69) is 36.8 Å². The summed E-state index contributed by atoms with van der Waals surface area (Å²) < 4.78 is 0. The van der Waals surface area contributed by atoms with Crippen LogP contribution in [-0.4, -0.2) is 83.1 Å². The molecule has 1 atom stereocenters. The molecule has 0 radical (unpaired) electrons. The Bertz CT molecular complexity index is 1200. The first kappa shape index (κ1) is 28.3. The first-order valence-electron chi connectivity index (χ1n) is 13.2. The topological polar surface area (TPSA) is 88.2 Å². The Morgan fingerprint density at radius 3 is 2.49 bits per heavy atom. The summed E-state index contributed by atoms with van der Waals surface area (Å²) in [7, 11) is 0. The SMILES string of the molecule is C=CCN1CC(=O)N2CC(=O)N(C/C(=C/S)c3ccc(NCCC)cc3)CC2N1C(=O)NCc1ccccc1. The Balaban J connectivity index is 1.52. The number of piperazine rings is 1. The summed E-state index contributed by atoms with van der Waals surface area (Å²) in [6.07, 6.45) is 2.06. The van der Waals surface area contributed by atoms with Gasteiger partial charge in [0.15, 0.2) is 0 Å². The molecule has 1 unspecified atom stereocenters. The van der Waals surface area contributed by atoms with Crippen molar-refractivity contribution >= 4 is 41.7 Å². The molecule has 9 nitrogen and oxygen atoms in total. The van der Waals surface area contributed by atoms with Crippen molar-refractivity contribution in [1.29, 1.82) is 0 Å². The third-order valence-corrected chi connectivity index (χ3v) is 7.12. The van der Waals surface area contributed by atoms with Gasteiger partial charge in [0.1, 0.15) is 12.7 Å². The zero-order valence-electron chi connectivity index (χ0n) is 22.3. The molecular formula is C29H36N6O3S. The third-order valence-electron chi connectivity index (χ3n) is 6.81. The lowest BCUT2D eigenvalue weighted by Gasteiger charge is -2.52. The van der Waals surface area contributed by atoms with E-state index >= 15 is 0 Å². The summed E-state index contributed by atoms with van der Waals surface area (Å²) in [6.45, 7) is 7.86. The number of nitrogens with zero attached hydrogens (tertiary/aromatic N) is 4. The largest absolute Gasteiger partial charge is 0.385 e. The number of hydrogen-bond donors (Lipinski definition) is 3. The highest BCUT2D eigenvalue weighted by molar-refractivity contribution is 7.83. The van der Waals surface area contributed by atoms with Crippen LogP contribution in [0.3, 0.4) is 0 Å². The Morgan fingerprint density at radius 1 is 1.08 bits per heavy atom. The van der Waals surface area contributed by atoms with Crippen LogP contribution < -0.4 is 10.6 Å². The lowest BCUT2D eigenvalue weighted by atomic mass is 10.1. The number of rotatable bonds is 10. The van der Waals surface area contributed by atoms with Gasteiger partial charge in [-0.05, 0) is 40.7 Å². The van der Waals surface area contributed by atoms with Crippen LogP contribution in [0.2, 0.25) is 0 Å². The molecule has 2 aromatic carbocycles. The first-order chi connectivity index (χ1) is 18.9. The van der Waals surface area contributed by atoms with Crippen molar-refractivity contribution in [3.63, 3.8) is 0 Å². The van der Waals surface area contributed by atoms with Gasteiger partial charge in [-0.15, -0.1) is 6.58 Å². The molecule has 206 valence electrons. The van der Waals surface area contributed by atoms with E-state index in [1.54, 1.807) is 26.4 Å². The molecule has 0 saturated carbocycles. The van der Waals surface area contributed by atoms with E-state index in [0.717, 1.165) is 35.4 Å². The van der Waals surface area contributed by atoms with Crippen molar-refractivity contribution in [3.05, 3.63) is 83.8 Å². The van der Waals surface area contributed by atoms with Crippen molar-refractivity contribution < 1.29 is 14.4 Å². The van der Waals surface area contributed by atoms with Crippen molar-refractivity contribution in [2.45, 2.75) is 26.1 Å². The quantitative estimate of drug-likeness (QED) is 0.313. The zero-order valence-corrected chi connectivity index (χ0v) is 23.1. The van der Waals surface area contributed by atoms with Crippen molar-refractivity contribution in [3.8, 4) is 0 Å². The second-order valence-corrected chi connectivity index (χ2v) is 9.82. The highest BCUT2D eigenvalue weighted by atomic mass is 32.1. The van der Waals surface area contributed by atoms with Crippen molar-refractivity contribution in [1.82, 2.24) is 25.1 Å². The minimum Gasteiger partial charge on any atom is -0.385 e. The molecule has 2 N–H and O–H groups in total. The number of nitrogens with one attached hydrogen (secondary N) is 2. The lowest BCUT2D eigenvalue weighted by molar-refractivity contribution is -0.179. The Labute approximate surface area is 235 Å². The highest BCUT2D eigenvalue weighted by Gasteiger charge is 2.46. The van der Waals surface area contributed by atoms with Gasteiger partial charge in [0.25, 0.3) is 0 Å². The molecule has 0 aliphatic carbocycles. The average Bonchev–Trinajstić information content (AvgIpc) is 2.95. The van der Waals surface area contributed by atoms with Crippen LogP contribution in [0.1, 0.15) is 24.5 Å². The number of hydrazine groups is 1. The summed E-state index contributed by atoms with van der Waals surface area (Å²) in [5.74, 6) is -0.364. The summed E-state index contributed by atoms with van der Waals surface area (Å²) in [5.41, 5.74) is 3.81. The molecule has 0 bridgehead atoms. The van der Waals surface area contributed by atoms with E-state index in [4.69, 9.17) is 0 Å². The van der Waals surface area contributed by atoms with Gasteiger partial charge in [0.2, 0.25) is 11.8 Å². The number of fused-ring (bicyclic) bond motifs is 1. The minimum absolute atomic E-state index is 0.00519. The molecule has 2 saturated heterocycles. The third kappa shape index (κ3) is 6.82. The van der Waals surface area contributed by atoms with Gasteiger partial charge in [-0.25, -0.2) is 14.8 Å². The predicted octanol–water partition coefficient (Wildman–Crippen LogP) is 3.40. The molecular weight excluding hydrogens is 512 g/mol. The van der Waals surface area contributed by atoms with Crippen LogP contribution in [0.15, 0.2) is 72.7 Å². The average molecular weight is 549 g/mol. The fourth-order valence-corrected chi connectivity index (χ4v) is 5.01. The number of anilines is 1. The van der Waals surface area contributed by atoms with Crippen molar-refractivity contribution in [2.24, 2.45) is 0 Å². The van der Waals surface area contributed by atoms with Crippen LogP contribution in [-0.2, 0) is 16.1 Å². The van der Waals surface area contributed by atoms with Gasteiger partial charge in [-0.2, -0.15) is 12.6 Å². The first-order valence-corrected chi connectivity index (χ1v) is 13.7. The fourth-order valence-electron chi connectivity index (χ4n) is 4.78. The maximum atomic E-state index is 13.5. The maximum Gasteiger partial charge on any atom is 0.334 e. The second kappa shape index (κ2) is 13.3. The number of amides is 4. The number of carbonyl (C=O) groups is 3. The van der Waals surface area contributed by atoms with Crippen LogP contribution in [0, 0.1) is 0 Å². The van der Waals surface area contributed by atoms with Crippen LogP contribution >= 0.6 is 12.6 Å². The summed E-state index contributed by atoms with van der Waals surface area (Å²) >= 11 is 4.43. The zero-order chi connectivity index (χ0) is 27.8. The Morgan fingerprint density at radius 2 is 1.82 bits per heavy atom. The smallest absolute Gasteiger partial charge is 0.334 e. The monoisotopic (exact) mass is 548 g/mol. The summed E-state index contributed by atoms with van der Waals surface area (Å²) in [5, 5.41) is 11.3. The number of carbonyl (C=O) groups excluding carboxylic acids is 3. The number of urea groups is 1. The maximum absolute atomic E-state index is 13.5. The van der Waals surface area contributed by atoms with Crippen LogP contribution in [0.25, 0.3) is 5.57 Å². The van der Waals surface area contributed by atoms with E-state index in [-0.39, 0.29) is 37.5 Å². The molecule has 0 spiro atoms. The molecule has 39 heavy (non-hydrogen) atoms. The van der Waals surface area contributed by atoms with E-state index in [1.807, 2.05) is 54.6 Å². The van der Waals surface area contributed by atoms with Gasteiger partial charge < -0.3 is 20.4 Å². The predicted molar refractivity (Wildman–Crippen MR) is 157 cm³/mol. The standard InChI is InChI=1S/C29H36N6O3S/c1-3-14-30-25-12-10-23(11-13-25)24(21-39)17-32-18-26-34(20-27(32)36)28(37)19-33(15-4-2)35(26)29(38)31-16-22-8-6-5-7-9-22/h4-13,21,26,30,39H,2-3,14-20H2,1H3,(H,31,38)/b24-21-. The van der Waals surface area contributed by atoms with Crippen LogP contribution in [0.5, 0.6) is 0 Å². The molecule has 2 aliphatic heterocycles. The van der Waals surface area contributed by atoms with Gasteiger partial charge in [0.05, 0.1) is 13.1 Å². The molecule has 2 aliphatic rings. The van der Waals surface area contributed by atoms with E-state index in [1.165, 1.54) is 4.90 Å². The number of hydrogen-bond acceptors (Lipinski definition) is 6. The molecule has 10 heteroatoms. The normalized spacial score (nSPS) is 18.2. The van der Waals surface area contributed by atoms with Crippen molar-refractivity contribution in [2.75, 3.05) is 44.6 Å². The lowest BCUT2D eigenvalue weighted by Crippen LogP contribution is -2.74. The minimum atomic E-state index is -0.638. The molecule has 4 amide bonds. The second-order valence-electron chi connectivity index (χ2n) is 9.56. The molecule has 2 fully saturated rings. The fraction of sp³-hybridized carbons (Fsp3) is 0.345. The molecule has 4 rings (SSSR count). The van der Waals surface area contributed by atoms with E-state index < -0.39 is 6.17 Å². The highest BCUT2D eigenvalue weighted by Crippen LogP contribution is 2.26. The summed E-state index contributed by atoms with van der Waals surface area (Å²) in [6, 6.07) is 17.3. The Kier molecular flexibility index (Phi) is 9.67.